The molecule has 23 heavy (non-hydrogen) atoms. The molecule has 1 fully saturated rings. The summed E-state index contributed by atoms with van der Waals surface area (Å²) in [6, 6.07) is 9.34. The van der Waals surface area contributed by atoms with E-state index < -0.39 is 10.0 Å². The van der Waals surface area contributed by atoms with Crippen molar-refractivity contribution >= 4 is 10.0 Å². The molecule has 2 unspecified atom stereocenters. The largest absolute Gasteiger partial charge is 0.330 e. The quantitative estimate of drug-likeness (QED) is 0.865. The molecule has 1 aromatic carbocycles. The molecule has 122 valence electrons. The molecular weight excluding hydrogens is 312 g/mol. The summed E-state index contributed by atoms with van der Waals surface area (Å²) in [5.74, 6) is 0.708. The monoisotopic (exact) mass is 332 g/mol. The smallest absolute Gasteiger partial charge is 0.243 e. The lowest BCUT2D eigenvalue weighted by Gasteiger charge is -2.19. The number of nitrogens with one attached hydrogen (secondary N) is 1. The van der Waals surface area contributed by atoms with E-state index in [4.69, 9.17) is 5.73 Å². The Hall–Kier alpha value is -1.83. The minimum absolute atomic E-state index is 0.0832. The molecular formula is C16H20N4O2S. The lowest BCUT2D eigenvalue weighted by atomic mass is 10.1. The highest BCUT2D eigenvalue weighted by atomic mass is 32.2. The number of aromatic nitrogens is 2. The van der Waals surface area contributed by atoms with Crippen molar-refractivity contribution in [2.75, 3.05) is 6.54 Å². The SMILES string of the molecule is NCC1CCCC1NS(=O)(=O)c1cnc(-c2ccccc2)nc1. The van der Waals surface area contributed by atoms with Crippen LogP contribution in [-0.2, 0) is 10.0 Å². The van der Waals surface area contributed by atoms with E-state index in [2.05, 4.69) is 14.7 Å². The molecule has 1 aromatic heterocycles. The van der Waals surface area contributed by atoms with Crippen LogP contribution in [0.15, 0.2) is 47.6 Å². The van der Waals surface area contributed by atoms with Crippen LogP contribution in [0, 0.1) is 5.92 Å². The van der Waals surface area contributed by atoms with Gasteiger partial charge < -0.3 is 5.73 Å². The second-order valence-electron chi connectivity index (χ2n) is 5.76. The summed E-state index contributed by atoms with van der Waals surface area (Å²) in [5.41, 5.74) is 6.56. The molecule has 1 aliphatic carbocycles. The van der Waals surface area contributed by atoms with Gasteiger partial charge in [-0.3, -0.25) is 0 Å². The van der Waals surface area contributed by atoms with Crippen molar-refractivity contribution in [3.8, 4) is 11.4 Å². The average molecular weight is 332 g/mol. The van der Waals surface area contributed by atoms with E-state index in [1.54, 1.807) is 0 Å². The van der Waals surface area contributed by atoms with Gasteiger partial charge in [0.05, 0.1) is 12.4 Å². The lowest BCUT2D eigenvalue weighted by molar-refractivity contribution is 0.452. The maximum absolute atomic E-state index is 12.5. The van der Waals surface area contributed by atoms with Crippen LogP contribution >= 0.6 is 0 Å². The molecule has 3 N–H and O–H groups in total. The number of nitrogens with two attached hydrogens (primary N) is 1. The number of nitrogens with zero attached hydrogens (tertiary/aromatic N) is 2. The minimum atomic E-state index is -3.62. The van der Waals surface area contributed by atoms with E-state index >= 15 is 0 Å². The molecule has 2 aromatic rings. The normalized spacial score (nSPS) is 21.4. The first-order valence-corrected chi connectivity index (χ1v) is 9.18. The van der Waals surface area contributed by atoms with E-state index in [1.165, 1.54) is 12.4 Å². The first-order chi connectivity index (χ1) is 11.1. The van der Waals surface area contributed by atoms with Crippen molar-refractivity contribution in [2.24, 2.45) is 11.7 Å². The second kappa shape index (κ2) is 6.74. The van der Waals surface area contributed by atoms with Crippen molar-refractivity contribution < 1.29 is 8.42 Å². The summed E-state index contributed by atoms with van der Waals surface area (Å²) in [6.45, 7) is 0.497. The third-order valence-electron chi connectivity index (χ3n) is 4.24. The predicted molar refractivity (Wildman–Crippen MR) is 88.0 cm³/mol. The van der Waals surface area contributed by atoms with Crippen LogP contribution in [0.1, 0.15) is 19.3 Å². The summed E-state index contributed by atoms with van der Waals surface area (Å²) < 4.78 is 27.7. The Morgan fingerprint density at radius 2 is 1.83 bits per heavy atom. The molecule has 6 nitrogen and oxygen atoms in total. The Balaban J connectivity index is 1.78. The van der Waals surface area contributed by atoms with Gasteiger partial charge in [-0.05, 0) is 25.3 Å². The average Bonchev–Trinajstić information content (AvgIpc) is 3.02. The first-order valence-electron chi connectivity index (χ1n) is 7.70. The molecule has 0 radical (unpaired) electrons. The van der Waals surface area contributed by atoms with E-state index in [1.807, 2.05) is 30.3 Å². The minimum Gasteiger partial charge on any atom is -0.330 e. The van der Waals surface area contributed by atoms with E-state index in [9.17, 15) is 8.42 Å². The Morgan fingerprint density at radius 3 is 2.48 bits per heavy atom. The Bertz CT molecular complexity index is 747. The molecule has 0 spiro atoms. The van der Waals surface area contributed by atoms with E-state index in [0.29, 0.717) is 12.4 Å². The fraction of sp³-hybridized carbons (Fsp3) is 0.375. The van der Waals surface area contributed by atoms with Gasteiger partial charge in [0.2, 0.25) is 10.0 Å². The van der Waals surface area contributed by atoms with Gasteiger partial charge in [-0.2, -0.15) is 0 Å². The first kappa shape index (κ1) is 16.0. The highest BCUT2D eigenvalue weighted by Gasteiger charge is 2.30. The molecule has 7 heteroatoms. The number of hydrogen-bond acceptors (Lipinski definition) is 5. The summed E-state index contributed by atoms with van der Waals surface area (Å²) in [4.78, 5) is 8.43. The van der Waals surface area contributed by atoms with Gasteiger partial charge in [0.1, 0.15) is 4.90 Å². The molecule has 0 saturated heterocycles. The van der Waals surface area contributed by atoms with Crippen LogP contribution in [0.5, 0.6) is 0 Å². The Kier molecular flexibility index (Phi) is 4.70. The number of hydrogen-bond donors (Lipinski definition) is 2. The van der Waals surface area contributed by atoms with Crippen LogP contribution in [0.25, 0.3) is 11.4 Å². The summed E-state index contributed by atoms with van der Waals surface area (Å²) >= 11 is 0. The maximum atomic E-state index is 12.5. The van der Waals surface area contributed by atoms with E-state index in [-0.39, 0.29) is 16.9 Å². The third-order valence-corrected chi connectivity index (χ3v) is 5.68. The van der Waals surface area contributed by atoms with Gasteiger partial charge in [-0.1, -0.05) is 36.8 Å². The second-order valence-corrected chi connectivity index (χ2v) is 7.48. The van der Waals surface area contributed by atoms with Gasteiger partial charge in [0.15, 0.2) is 5.82 Å². The van der Waals surface area contributed by atoms with Crippen molar-refractivity contribution in [3.05, 3.63) is 42.7 Å². The maximum Gasteiger partial charge on any atom is 0.243 e. The highest BCUT2D eigenvalue weighted by molar-refractivity contribution is 7.89. The van der Waals surface area contributed by atoms with Crippen LogP contribution in [-0.4, -0.2) is 31.0 Å². The van der Waals surface area contributed by atoms with Crippen LogP contribution in [0.2, 0.25) is 0 Å². The zero-order valence-electron chi connectivity index (χ0n) is 12.7. The predicted octanol–water partition coefficient (Wildman–Crippen LogP) is 1.55. The van der Waals surface area contributed by atoms with Crippen molar-refractivity contribution in [2.45, 2.75) is 30.2 Å². The van der Waals surface area contributed by atoms with E-state index in [0.717, 1.165) is 24.8 Å². The summed E-state index contributed by atoms with van der Waals surface area (Å²) in [5, 5.41) is 0. The topological polar surface area (TPSA) is 98.0 Å². The molecule has 2 atom stereocenters. The van der Waals surface area contributed by atoms with Gasteiger partial charge >= 0.3 is 0 Å². The number of benzene rings is 1. The van der Waals surface area contributed by atoms with Gasteiger partial charge in [-0.25, -0.2) is 23.1 Å². The van der Waals surface area contributed by atoms with Gasteiger partial charge in [-0.15, -0.1) is 0 Å². The third kappa shape index (κ3) is 3.57. The Labute approximate surface area is 136 Å². The van der Waals surface area contributed by atoms with Crippen molar-refractivity contribution in [1.29, 1.82) is 0 Å². The van der Waals surface area contributed by atoms with Crippen molar-refractivity contribution in [3.63, 3.8) is 0 Å². The fourth-order valence-corrected chi connectivity index (χ4v) is 4.16. The standard InChI is InChI=1S/C16H20N4O2S/c17-9-13-7-4-8-15(13)20-23(21,22)14-10-18-16(19-11-14)12-5-2-1-3-6-12/h1-3,5-6,10-11,13,15,20H,4,7-9,17H2. The van der Waals surface area contributed by atoms with Gasteiger partial charge in [0.25, 0.3) is 0 Å². The van der Waals surface area contributed by atoms with Gasteiger partial charge in [0, 0.05) is 11.6 Å². The van der Waals surface area contributed by atoms with Crippen molar-refractivity contribution in [1.82, 2.24) is 14.7 Å². The molecule has 0 aliphatic heterocycles. The molecule has 1 saturated carbocycles. The number of sulfonamides is 1. The summed E-state index contributed by atoms with van der Waals surface area (Å²) in [6.07, 6.45) is 5.49. The molecule has 0 bridgehead atoms. The van der Waals surface area contributed by atoms with Crippen LogP contribution in [0.3, 0.4) is 0 Å². The van der Waals surface area contributed by atoms with Crippen LogP contribution < -0.4 is 10.5 Å². The molecule has 1 heterocycles. The molecule has 0 amide bonds. The summed E-state index contributed by atoms with van der Waals surface area (Å²) in [7, 11) is -3.62. The Morgan fingerprint density at radius 1 is 1.13 bits per heavy atom. The zero-order chi connectivity index (χ0) is 16.3. The molecule has 1 aliphatic rings. The number of rotatable bonds is 5. The molecule has 3 rings (SSSR count). The highest BCUT2D eigenvalue weighted by Crippen LogP contribution is 2.26. The lowest BCUT2D eigenvalue weighted by Crippen LogP contribution is -2.39. The van der Waals surface area contributed by atoms with Crippen LogP contribution in [0.4, 0.5) is 0 Å². The zero-order valence-corrected chi connectivity index (χ0v) is 13.5. The fourth-order valence-electron chi connectivity index (χ4n) is 2.93.